The fourth-order valence-corrected chi connectivity index (χ4v) is 3.11. The zero-order valence-electron chi connectivity index (χ0n) is 11.0. The van der Waals surface area contributed by atoms with Gasteiger partial charge in [-0.05, 0) is 25.8 Å². The monoisotopic (exact) mass is 278 g/mol. The van der Waals surface area contributed by atoms with Gasteiger partial charge in [0.1, 0.15) is 11.3 Å². The molecule has 19 heavy (non-hydrogen) atoms. The lowest BCUT2D eigenvalue weighted by atomic mass is 10.1. The molecular formula is C14H18N2O2S. The van der Waals surface area contributed by atoms with Gasteiger partial charge < -0.3 is 14.5 Å². The fourth-order valence-electron chi connectivity index (χ4n) is 2.30. The molecule has 4 nitrogen and oxygen atoms in total. The van der Waals surface area contributed by atoms with Crippen molar-refractivity contribution in [2.24, 2.45) is 0 Å². The van der Waals surface area contributed by atoms with Gasteiger partial charge in [-0.3, -0.25) is 0 Å². The highest BCUT2D eigenvalue weighted by molar-refractivity contribution is 7.13. The smallest absolute Gasteiger partial charge is 0.126 e. The van der Waals surface area contributed by atoms with Gasteiger partial charge in [-0.1, -0.05) is 0 Å². The Hall–Kier alpha value is -1.17. The molecule has 5 heteroatoms. The molecule has 0 amide bonds. The van der Waals surface area contributed by atoms with Crippen molar-refractivity contribution in [2.45, 2.75) is 38.5 Å². The Balaban J connectivity index is 1.55. The SMILES string of the molecule is C[C@@H](NCc1csc(-c2ccoc2)n1)[C@@H]1CCCO1. The molecular weight excluding hydrogens is 260 g/mol. The van der Waals surface area contributed by atoms with E-state index < -0.39 is 0 Å². The van der Waals surface area contributed by atoms with Crippen LogP contribution in [0.5, 0.6) is 0 Å². The molecule has 2 aromatic rings. The van der Waals surface area contributed by atoms with Crippen LogP contribution in [0.1, 0.15) is 25.5 Å². The summed E-state index contributed by atoms with van der Waals surface area (Å²) in [6.07, 6.45) is 6.09. The molecule has 0 unspecified atom stereocenters. The van der Waals surface area contributed by atoms with Gasteiger partial charge in [-0.25, -0.2) is 4.98 Å². The second-order valence-electron chi connectivity index (χ2n) is 4.88. The normalized spacial score (nSPS) is 20.8. The van der Waals surface area contributed by atoms with Crippen LogP contribution in [-0.4, -0.2) is 23.7 Å². The first-order chi connectivity index (χ1) is 9.33. The lowest BCUT2D eigenvalue weighted by molar-refractivity contribution is 0.0831. The van der Waals surface area contributed by atoms with E-state index in [1.165, 1.54) is 6.42 Å². The topological polar surface area (TPSA) is 47.3 Å². The largest absolute Gasteiger partial charge is 0.472 e. The molecule has 1 N–H and O–H groups in total. The van der Waals surface area contributed by atoms with Crippen molar-refractivity contribution in [2.75, 3.05) is 6.61 Å². The Morgan fingerprint density at radius 1 is 1.58 bits per heavy atom. The molecule has 3 rings (SSSR count). The average molecular weight is 278 g/mol. The van der Waals surface area contributed by atoms with E-state index in [9.17, 15) is 0 Å². The highest BCUT2D eigenvalue weighted by Crippen LogP contribution is 2.24. The molecule has 1 fully saturated rings. The number of hydrogen-bond donors (Lipinski definition) is 1. The van der Waals surface area contributed by atoms with Crippen LogP contribution in [0.3, 0.4) is 0 Å². The van der Waals surface area contributed by atoms with Crippen molar-refractivity contribution >= 4 is 11.3 Å². The number of ether oxygens (including phenoxy) is 1. The van der Waals surface area contributed by atoms with Gasteiger partial charge in [0, 0.05) is 30.1 Å². The third-order valence-corrected chi connectivity index (χ3v) is 4.39. The van der Waals surface area contributed by atoms with E-state index in [0.29, 0.717) is 12.1 Å². The van der Waals surface area contributed by atoms with E-state index in [4.69, 9.17) is 9.15 Å². The maximum absolute atomic E-state index is 5.67. The van der Waals surface area contributed by atoms with Gasteiger partial charge in [-0.2, -0.15) is 0 Å². The van der Waals surface area contributed by atoms with Crippen LogP contribution in [0.15, 0.2) is 28.4 Å². The molecule has 1 aliphatic rings. The van der Waals surface area contributed by atoms with Crippen molar-refractivity contribution in [1.82, 2.24) is 10.3 Å². The Bertz CT molecular complexity index is 503. The zero-order valence-corrected chi connectivity index (χ0v) is 11.8. The molecule has 0 bridgehead atoms. The minimum atomic E-state index is 0.354. The van der Waals surface area contributed by atoms with Crippen LogP contribution in [0.2, 0.25) is 0 Å². The molecule has 1 aliphatic heterocycles. The summed E-state index contributed by atoms with van der Waals surface area (Å²) in [6, 6.07) is 2.31. The summed E-state index contributed by atoms with van der Waals surface area (Å²) in [7, 11) is 0. The third-order valence-electron chi connectivity index (χ3n) is 3.45. The summed E-state index contributed by atoms with van der Waals surface area (Å²) in [6.45, 7) is 3.87. The molecule has 0 saturated carbocycles. The summed E-state index contributed by atoms with van der Waals surface area (Å²) in [4.78, 5) is 4.61. The van der Waals surface area contributed by atoms with Gasteiger partial charge in [-0.15, -0.1) is 11.3 Å². The van der Waals surface area contributed by atoms with Gasteiger partial charge in [0.05, 0.1) is 18.1 Å². The van der Waals surface area contributed by atoms with E-state index in [1.54, 1.807) is 23.9 Å². The van der Waals surface area contributed by atoms with Gasteiger partial charge >= 0.3 is 0 Å². The quantitative estimate of drug-likeness (QED) is 0.913. The van der Waals surface area contributed by atoms with Crippen molar-refractivity contribution < 1.29 is 9.15 Å². The number of hydrogen-bond acceptors (Lipinski definition) is 5. The van der Waals surface area contributed by atoms with Crippen LogP contribution in [0, 0.1) is 0 Å². The first-order valence-corrected chi connectivity index (χ1v) is 7.53. The molecule has 2 atom stereocenters. The number of rotatable bonds is 5. The molecule has 3 heterocycles. The minimum Gasteiger partial charge on any atom is -0.472 e. The lowest BCUT2D eigenvalue weighted by Crippen LogP contribution is -2.36. The van der Waals surface area contributed by atoms with Crippen molar-refractivity contribution in [3.8, 4) is 10.6 Å². The van der Waals surface area contributed by atoms with Crippen LogP contribution in [-0.2, 0) is 11.3 Å². The summed E-state index contributed by atoms with van der Waals surface area (Å²) >= 11 is 1.65. The lowest BCUT2D eigenvalue weighted by Gasteiger charge is -2.19. The van der Waals surface area contributed by atoms with Gasteiger partial charge in [0.2, 0.25) is 0 Å². The van der Waals surface area contributed by atoms with E-state index in [2.05, 4.69) is 22.6 Å². The predicted octanol–water partition coefficient (Wildman–Crippen LogP) is 3.06. The van der Waals surface area contributed by atoms with Crippen LogP contribution in [0.25, 0.3) is 10.6 Å². The maximum Gasteiger partial charge on any atom is 0.126 e. The number of nitrogens with zero attached hydrogens (tertiary/aromatic N) is 1. The third kappa shape index (κ3) is 3.05. The highest BCUT2D eigenvalue weighted by Gasteiger charge is 2.21. The average Bonchev–Trinajstić information content (AvgIpc) is 3.14. The zero-order chi connectivity index (χ0) is 13.1. The summed E-state index contributed by atoms with van der Waals surface area (Å²) in [5.41, 5.74) is 2.12. The number of furan rings is 1. The number of nitrogens with one attached hydrogen (secondary N) is 1. The highest BCUT2D eigenvalue weighted by atomic mass is 32.1. The fraction of sp³-hybridized carbons (Fsp3) is 0.500. The van der Waals surface area contributed by atoms with E-state index in [1.807, 2.05) is 6.07 Å². The van der Waals surface area contributed by atoms with Gasteiger partial charge in [0.25, 0.3) is 0 Å². The summed E-state index contributed by atoms with van der Waals surface area (Å²) in [5.74, 6) is 0. The summed E-state index contributed by atoms with van der Waals surface area (Å²) in [5, 5.41) is 6.60. The minimum absolute atomic E-state index is 0.354. The second-order valence-corrected chi connectivity index (χ2v) is 5.74. The first kappa shape index (κ1) is 12.8. The van der Waals surface area contributed by atoms with E-state index in [-0.39, 0.29) is 0 Å². The Kier molecular flexibility index (Phi) is 3.96. The van der Waals surface area contributed by atoms with Gasteiger partial charge in [0.15, 0.2) is 0 Å². The van der Waals surface area contributed by atoms with Crippen molar-refractivity contribution in [3.63, 3.8) is 0 Å². The molecule has 0 aromatic carbocycles. The Morgan fingerprint density at radius 2 is 2.53 bits per heavy atom. The molecule has 2 aromatic heterocycles. The molecule has 0 spiro atoms. The van der Waals surface area contributed by atoms with Crippen molar-refractivity contribution in [1.29, 1.82) is 0 Å². The molecule has 0 radical (unpaired) electrons. The Morgan fingerprint density at radius 3 is 3.26 bits per heavy atom. The number of thiazole rings is 1. The summed E-state index contributed by atoms with van der Waals surface area (Å²) < 4.78 is 10.8. The van der Waals surface area contributed by atoms with E-state index in [0.717, 1.165) is 35.8 Å². The van der Waals surface area contributed by atoms with Crippen LogP contribution < -0.4 is 5.32 Å². The molecule has 102 valence electrons. The van der Waals surface area contributed by atoms with Crippen LogP contribution >= 0.6 is 11.3 Å². The molecule has 0 aliphatic carbocycles. The predicted molar refractivity (Wildman–Crippen MR) is 75.1 cm³/mol. The van der Waals surface area contributed by atoms with Crippen molar-refractivity contribution in [3.05, 3.63) is 29.7 Å². The molecule has 1 saturated heterocycles. The first-order valence-electron chi connectivity index (χ1n) is 6.65. The Labute approximate surface area is 116 Å². The second kappa shape index (κ2) is 5.86. The van der Waals surface area contributed by atoms with Crippen LogP contribution in [0.4, 0.5) is 0 Å². The number of aromatic nitrogens is 1. The maximum atomic E-state index is 5.67. The van der Waals surface area contributed by atoms with E-state index >= 15 is 0 Å². The standard InChI is InChI=1S/C14H18N2O2S/c1-10(13-3-2-5-18-13)15-7-12-9-19-14(16-12)11-4-6-17-8-11/h4,6,8-10,13,15H,2-3,5,7H2,1H3/t10-,13+/m1/s1.